The average Bonchev–Trinajstić information content (AvgIpc) is 2.40. The van der Waals surface area contributed by atoms with Crippen molar-refractivity contribution >= 4 is 18.4 Å². The lowest BCUT2D eigenvalue weighted by atomic mass is 10.2. The Morgan fingerprint density at radius 3 is 2.55 bits per heavy atom. The highest BCUT2D eigenvalue weighted by atomic mass is 35.5. The van der Waals surface area contributed by atoms with Gasteiger partial charge in [0.25, 0.3) is 0 Å². The molecule has 0 aromatic carbocycles. The van der Waals surface area contributed by atoms with Crippen LogP contribution in [0.2, 0.25) is 0 Å². The van der Waals surface area contributed by atoms with Crippen molar-refractivity contribution in [3.05, 3.63) is 0 Å². The minimum Gasteiger partial charge on any atom is -0.469 e. The third-order valence-corrected chi connectivity index (χ3v) is 2.10. The van der Waals surface area contributed by atoms with Gasteiger partial charge in [0.2, 0.25) is 0 Å². The highest BCUT2D eigenvalue weighted by Gasteiger charge is 2.47. The summed E-state index contributed by atoms with van der Waals surface area (Å²) >= 11 is 0. The van der Waals surface area contributed by atoms with Gasteiger partial charge in [0, 0.05) is 5.54 Å². The van der Waals surface area contributed by atoms with Gasteiger partial charge in [0.15, 0.2) is 0 Å². The first-order valence-electron chi connectivity index (χ1n) is 3.42. The van der Waals surface area contributed by atoms with Crippen LogP contribution >= 0.6 is 12.4 Å². The normalized spacial score (nSPS) is 33.9. The number of carbonyl (C=O) groups excluding carboxylic acids is 1. The third-order valence-electron chi connectivity index (χ3n) is 2.10. The van der Waals surface area contributed by atoms with Crippen LogP contribution in [-0.2, 0) is 9.53 Å². The number of hydrogen-bond acceptors (Lipinski definition) is 3. The molecule has 0 amide bonds. The Labute approximate surface area is 72.7 Å². The fourth-order valence-electron chi connectivity index (χ4n) is 1.06. The van der Waals surface area contributed by atoms with E-state index in [1.807, 2.05) is 6.92 Å². The number of carbonyl (C=O) groups is 1. The molecular weight excluding hydrogens is 166 g/mol. The van der Waals surface area contributed by atoms with E-state index in [0.717, 1.165) is 6.42 Å². The number of rotatable bonds is 2. The van der Waals surface area contributed by atoms with Gasteiger partial charge in [-0.05, 0) is 19.3 Å². The molecular formula is C7H14ClNO2. The van der Waals surface area contributed by atoms with Crippen LogP contribution in [0.5, 0.6) is 0 Å². The van der Waals surface area contributed by atoms with Gasteiger partial charge in [-0.15, -0.1) is 12.4 Å². The van der Waals surface area contributed by atoms with Gasteiger partial charge >= 0.3 is 5.97 Å². The first-order chi connectivity index (χ1) is 4.56. The molecule has 0 aliphatic heterocycles. The van der Waals surface area contributed by atoms with Gasteiger partial charge in [-0.3, -0.25) is 4.79 Å². The highest BCUT2D eigenvalue weighted by Crippen LogP contribution is 2.42. The molecule has 2 atom stereocenters. The molecule has 0 saturated heterocycles. The Kier molecular flexibility index (Phi) is 3.32. The number of hydrogen-bond donors (Lipinski definition) is 1. The van der Waals surface area contributed by atoms with Crippen molar-refractivity contribution in [3.8, 4) is 0 Å². The van der Waals surface area contributed by atoms with Crippen LogP contribution in [0.25, 0.3) is 0 Å². The number of ether oxygens (including phenoxy) is 1. The molecule has 2 unspecified atom stereocenters. The molecule has 1 aliphatic rings. The van der Waals surface area contributed by atoms with Crippen LogP contribution in [0.15, 0.2) is 0 Å². The molecule has 1 fully saturated rings. The van der Waals surface area contributed by atoms with Crippen molar-refractivity contribution in [1.29, 1.82) is 0 Å². The number of halogens is 1. The van der Waals surface area contributed by atoms with E-state index in [1.54, 1.807) is 0 Å². The summed E-state index contributed by atoms with van der Waals surface area (Å²) in [5.41, 5.74) is 5.60. The van der Waals surface area contributed by atoms with Crippen LogP contribution in [0.1, 0.15) is 19.8 Å². The topological polar surface area (TPSA) is 52.3 Å². The number of methoxy groups -OCH3 is 1. The van der Waals surface area contributed by atoms with E-state index < -0.39 is 0 Å². The van der Waals surface area contributed by atoms with Gasteiger partial charge in [-0.25, -0.2) is 0 Å². The van der Waals surface area contributed by atoms with Crippen LogP contribution < -0.4 is 5.73 Å². The second kappa shape index (κ2) is 3.41. The van der Waals surface area contributed by atoms with Crippen LogP contribution in [0.3, 0.4) is 0 Å². The van der Waals surface area contributed by atoms with Crippen LogP contribution in [0.4, 0.5) is 0 Å². The van der Waals surface area contributed by atoms with Crippen LogP contribution in [0, 0.1) is 5.92 Å². The number of nitrogens with two attached hydrogens (primary N) is 1. The standard InChI is InChI=1S/C7H13NO2.ClH/c1-7(8)4-5(7)3-6(9)10-2;/h5H,3-4,8H2,1-2H3;1H. The molecule has 0 spiro atoms. The molecule has 66 valence electrons. The van der Waals surface area contributed by atoms with E-state index in [2.05, 4.69) is 4.74 Å². The summed E-state index contributed by atoms with van der Waals surface area (Å²) in [5, 5.41) is 0. The van der Waals surface area contributed by atoms with Gasteiger partial charge in [-0.2, -0.15) is 0 Å². The Morgan fingerprint density at radius 2 is 2.27 bits per heavy atom. The predicted molar refractivity (Wildman–Crippen MR) is 44.6 cm³/mol. The van der Waals surface area contributed by atoms with Gasteiger partial charge in [0.05, 0.1) is 13.5 Å². The Balaban J connectivity index is 0.000001000. The Hall–Kier alpha value is -0.280. The van der Waals surface area contributed by atoms with Crippen LogP contribution in [-0.4, -0.2) is 18.6 Å². The molecule has 0 aromatic rings. The number of esters is 1. The monoisotopic (exact) mass is 179 g/mol. The predicted octanol–water partition coefficient (Wildman–Crippen LogP) is 0.709. The molecule has 1 saturated carbocycles. The largest absolute Gasteiger partial charge is 0.469 e. The Morgan fingerprint density at radius 1 is 1.82 bits per heavy atom. The molecule has 4 heteroatoms. The zero-order chi connectivity index (χ0) is 7.78. The van der Waals surface area contributed by atoms with E-state index in [4.69, 9.17) is 5.73 Å². The van der Waals surface area contributed by atoms with Crippen molar-refractivity contribution < 1.29 is 9.53 Å². The molecule has 1 rings (SSSR count). The molecule has 0 heterocycles. The fourth-order valence-corrected chi connectivity index (χ4v) is 1.06. The zero-order valence-corrected chi connectivity index (χ0v) is 7.61. The third kappa shape index (κ3) is 2.67. The summed E-state index contributed by atoms with van der Waals surface area (Å²) in [6.07, 6.45) is 1.42. The van der Waals surface area contributed by atoms with Crippen molar-refractivity contribution in [2.45, 2.75) is 25.3 Å². The Bertz CT molecular complexity index is 159. The smallest absolute Gasteiger partial charge is 0.305 e. The van der Waals surface area contributed by atoms with E-state index in [-0.39, 0.29) is 23.9 Å². The minimum atomic E-state index is -0.154. The van der Waals surface area contributed by atoms with Gasteiger partial charge in [0.1, 0.15) is 0 Å². The summed E-state index contributed by atoms with van der Waals surface area (Å²) in [6, 6.07) is 0. The minimum absolute atomic E-state index is 0. The molecule has 1 aliphatic carbocycles. The van der Waals surface area contributed by atoms with Crippen molar-refractivity contribution in [3.63, 3.8) is 0 Å². The van der Waals surface area contributed by atoms with E-state index in [9.17, 15) is 4.79 Å². The van der Waals surface area contributed by atoms with Crippen molar-refractivity contribution in [2.24, 2.45) is 11.7 Å². The molecule has 0 radical (unpaired) electrons. The molecule has 0 aromatic heterocycles. The zero-order valence-electron chi connectivity index (χ0n) is 6.79. The second-order valence-electron chi connectivity index (χ2n) is 3.19. The molecule has 2 N–H and O–H groups in total. The van der Waals surface area contributed by atoms with E-state index in [0.29, 0.717) is 12.3 Å². The maximum Gasteiger partial charge on any atom is 0.305 e. The molecule has 11 heavy (non-hydrogen) atoms. The SMILES string of the molecule is COC(=O)CC1CC1(C)N.Cl. The van der Waals surface area contributed by atoms with Crippen molar-refractivity contribution in [2.75, 3.05) is 7.11 Å². The molecule has 3 nitrogen and oxygen atoms in total. The average molecular weight is 180 g/mol. The van der Waals surface area contributed by atoms with E-state index >= 15 is 0 Å². The summed E-state index contributed by atoms with van der Waals surface area (Å²) in [4.78, 5) is 10.7. The lowest BCUT2D eigenvalue weighted by molar-refractivity contribution is -0.141. The van der Waals surface area contributed by atoms with Crippen molar-refractivity contribution in [1.82, 2.24) is 0 Å². The maximum atomic E-state index is 10.7. The highest BCUT2D eigenvalue weighted by molar-refractivity contribution is 5.85. The van der Waals surface area contributed by atoms with Gasteiger partial charge < -0.3 is 10.5 Å². The summed E-state index contributed by atoms with van der Waals surface area (Å²) in [6.45, 7) is 1.96. The quantitative estimate of drug-likeness (QED) is 0.636. The first-order valence-corrected chi connectivity index (χ1v) is 3.42. The summed E-state index contributed by atoms with van der Waals surface area (Å²) in [5.74, 6) is 0.194. The maximum absolute atomic E-state index is 10.7. The summed E-state index contributed by atoms with van der Waals surface area (Å²) in [7, 11) is 1.40. The second-order valence-corrected chi connectivity index (χ2v) is 3.19. The fraction of sp³-hybridized carbons (Fsp3) is 0.857. The van der Waals surface area contributed by atoms with E-state index in [1.165, 1.54) is 7.11 Å². The van der Waals surface area contributed by atoms with Gasteiger partial charge in [-0.1, -0.05) is 0 Å². The lowest BCUT2D eigenvalue weighted by Crippen LogP contribution is -2.20. The lowest BCUT2D eigenvalue weighted by Gasteiger charge is -2.00. The molecule has 0 bridgehead atoms. The first kappa shape index (κ1) is 10.7. The summed E-state index contributed by atoms with van der Waals surface area (Å²) < 4.78 is 4.50.